The van der Waals surface area contributed by atoms with Crippen molar-refractivity contribution in [2.75, 3.05) is 59.1 Å². The molecule has 0 radical (unpaired) electrons. The van der Waals surface area contributed by atoms with Crippen molar-refractivity contribution < 1.29 is 19.1 Å². The number of piperidine rings is 1. The van der Waals surface area contributed by atoms with E-state index in [1.165, 1.54) is 16.9 Å². The first-order valence-corrected chi connectivity index (χ1v) is 12.9. The third kappa shape index (κ3) is 6.55. The summed E-state index contributed by atoms with van der Waals surface area (Å²) in [4.78, 5) is 33.8. The van der Waals surface area contributed by atoms with E-state index < -0.39 is 0 Å². The van der Waals surface area contributed by atoms with Crippen LogP contribution in [0.25, 0.3) is 0 Å². The Morgan fingerprint density at radius 2 is 1.91 bits per heavy atom. The number of morpholine rings is 1. The summed E-state index contributed by atoms with van der Waals surface area (Å²) in [6.07, 6.45) is 1.70. The van der Waals surface area contributed by atoms with E-state index in [1.54, 1.807) is 0 Å². The van der Waals surface area contributed by atoms with Crippen molar-refractivity contribution in [2.24, 2.45) is 0 Å². The van der Waals surface area contributed by atoms with Gasteiger partial charge in [-0.05, 0) is 49.9 Å². The molecule has 0 aliphatic carbocycles. The maximum Gasteiger partial charge on any atom is 0.270 e. The van der Waals surface area contributed by atoms with E-state index in [0.29, 0.717) is 25.3 Å². The number of hydrogen-bond donors (Lipinski definition) is 1. The third-order valence-electron chi connectivity index (χ3n) is 6.61. The van der Waals surface area contributed by atoms with Crippen molar-refractivity contribution in [3.8, 4) is 5.75 Å². The van der Waals surface area contributed by atoms with Gasteiger partial charge in [-0.25, -0.2) is 4.98 Å². The number of hydrogen-bond acceptors (Lipinski definition) is 7. The highest BCUT2D eigenvalue weighted by molar-refractivity contribution is 7.09. The number of carbonyl (C=O) groups excluding carboxylic acids is 2. The summed E-state index contributed by atoms with van der Waals surface area (Å²) < 4.78 is 11.1. The molecule has 8 nitrogen and oxygen atoms in total. The molecule has 2 aliphatic rings. The number of thiazole rings is 1. The maximum absolute atomic E-state index is 12.6. The van der Waals surface area contributed by atoms with Gasteiger partial charge < -0.3 is 19.7 Å². The maximum atomic E-state index is 12.6. The molecule has 2 saturated heterocycles. The van der Waals surface area contributed by atoms with Crippen LogP contribution in [-0.2, 0) is 9.53 Å². The van der Waals surface area contributed by atoms with Crippen molar-refractivity contribution in [2.45, 2.75) is 32.6 Å². The largest absolute Gasteiger partial charge is 0.484 e. The molecule has 4 rings (SSSR count). The van der Waals surface area contributed by atoms with Crippen LogP contribution in [0, 0.1) is 13.8 Å². The minimum atomic E-state index is -0.119. The Hall–Kier alpha value is -2.49. The third-order valence-corrected chi connectivity index (χ3v) is 7.62. The number of ether oxygens (including phenoxy) is 2. The molecule has 184 valence electrons. The number of benzene rings is 1. The normalized spacial score (nSPS) is 17.5. The first-order valence-electron chi connectivity index (χ1n) is 12.0. The highest BCUT2D eigenvalue weighted by atomic mass is 32.1. The molecule has 2 fully saturated rings. The van der Waals surface area contributed by atoms with Gasteiger partial charge in [0.1, 0.15) is 11.4 Å². The Kier molecular flexibility index (Phi) is 8.53. The fourth-order valence-electron chi connectivity index (χ4n) is 4.24. The molecule has 1 aromatic heterocycles. The van der Waals surface area contributed by atoms with Crippen molar-refractivity contribution >= 4 is 23.2 Å². The zero-order chi connectivity index (χ0) is 23.9. The molecule has 2 aliphatic heterocycles. The Balaban J connectivity index is 1.19. The van der Waals surface area contributed by atoms with E-state index in [9.17, 15) is 9.59 Å². The van der Waals surface area contributed by atoms with Gasteiger partial charge in [-0.1, -0.05) is 6.07 Å². The van der Waals surface area contributed by atoms with Crippen molar-refractivity contribution in [1.29, 1.82) is 0 Å². The summed E-state index contributed by atoms with van der Waals surface area (Å²) in [6.45, 7) is 10.3. The Labute approximate surface area is 205 Å². The van der Waals surface area contributed by atoms with Gasteiger partial charge in [0.15, 0.2) is 6.61 Å². The average molecular weight is 487 g/mol. The van der Waals surface area contributed by atoms with Gasteiger partial charge in [-0.3, -0.25) is 14.5 Å². The smallest absolute Gasteiger partial charge is 0.270 e. The number of aromatic nitrogens is 1. The molecule has 0 unspecified atom stereocenters. The number of nitrogens with one attached hydrogen (secondary N) is 1. The van der Waals surface area contributed by atoms with Crippen molar-refractivity contribution in [3.63, 3.8) is 0 Å². The SMILES string of the molecule is Cc1ccc(OCC(=O)N2CCC(c3nc(C(=O)NCCN4CCOCC4)cs3)CC2)cc1C. The fourth-order valence-corrected chi connectivity index (χ4v) is 5.21. The van der Waals surface area contributed by atoms with Crippen LogP contribution in [0.3, 0.4) is 0 Å². The van der Waals surface area contributed by atoms with Crippen LogP contribution in [-0.4, -0.2) is 85.7 Å². The number of likely N-dealkylation sites (tertiary alicyclic amines) is 1. The fraction of sp³-hybridized carbons (Fsp3) is 0.560. The van der Waals surface area contributed by atoms with Gasteiger partial charge in [0.2, 0.25) is 0 Å². The number of nitrogens with zero attached hydrogens (tertiary/aromatic N) is 3. The Bertz CT molecular complexity index is 981. The summed E-state index contributed by atoms with van der Waals surface area (Å²) in [7, 11) is 0. The van der Waals surface area contributed by atoms with Crippen LogP contribution < -0.4 is 10.1 Å². The highest BCUT2D eigenvalue weighted by Crippen LogP contribution is 2.30. The number of aryl methyl sites for hydroxylation is 2. The van der Waals surface area contributed by atoms with Crippen LogP contribution >= 0.6 is 11.3 Å². The molecule has 1 aromatic carbocycles. The van der Waals surface area contributed by atoms with Gasteiger partial charge in [0.05, 0.1) is 18.2 Å². The van der Waals surface area contributed by atoms with E-state index in [0.717, 1.165) is 62.0 Å². The number of amides is 2. The predicted octanol–water partition coefficient (Wildman–Crippen LogP) is 2.61. The summed E-state index contributed by atoms with van der Waals surface area (Å²) in [6, 6.07) is 5.88. The van der Waals surface area contributed by atoms with Crippen LogP contribution in [0.4, 0.5) is 0 Å². The molecule has 2 aromatic rings. The van der Waals surface area contributed by atoms with Gasteiger partial charge in [0, 0.05) is 50.6 Å². The Morgan fingerprint density at radius 1 is 1.15 bits per heavy atom. The molecule has 0 atom stereocenters. The van der Waals surface area contributed by atoms with E-state index in [4.69, 9.17) is 9.47 Å². The molecular formula is C25H34N4O4S. The molecule has 1 N–H and O–H groups in total. The first kappa shape index (κ1) is 24.6. The molecule has 0 spiro atoms. The summed E-state index contributed by atoms with van der Waals surface area (Å²) in [5.41, 5.74) is 2.85. The van der Waals surface area contributed by atoms with Gasteiger partial charge >= 0.3 is 0 Å². The summed E-state index contributed by atoms with van der Waals surface area (Å²) in [5, 5.41) is 5.80. The van der Waals surface area contributed by atoms with Gasteiger partial charge in [-0.2, -0.15) is 0 Å². The second-order valence-corrected chi connectivity index (χ2v) is 9.86. The molecule has 0 bridgehead atoms. The van der Waals surface area contributed by atoms with Crippen molar-refractivity contribution in [1.82, 2.24) is 20.1 Å². The molecule has 34 heavy (non-hydrogen) atoms. The monoisotopic (exact) mass is 486 g/mol. The first-order chi connectivity index (χ1) is 16.5. The molecule has 9 heteroatoms. The predicted molar refractivity (Wildman–Crippen MR) is 132 cm³/mol. The van der Waals surface area contributed by atoms with Gasteiger partial charge in [-0.15, -0.1) is 11.3 Å². The molecule has 2 amide bonds. The zero-order valence-corrected chi connectivity index (χ0v) is 20.9. The van der Waals surface area contributed by atoms with E-state index >= 15 is 0 Å². The quantitative estimate of drug-likeness (QED) is 0.618. The van der Waals surface area contributed by atoms with Crippen LogP contribution in [0.1, 0.15) is 45.4 Å². The van der Waals surface area contributed by atoms with E-state index in [1.807, 2.05) is 35.4 Å². The van der Waals surface area contributed by atoms with Crippen LogP contribution in [0.15, 0.2) is 23.6 Å². The minimum absolute atomic E-state index is 0.0103. The summed E-state index contributed by atoms with van der Waals surface area (Å²) >= 11 is 1.54. The highest BCUT2D eigenvalue weighted by Gasteiger charge is 2.26. The second-order valence-electron chi connectivity index (χ2n) is 8.97. The standard InChI is InChI=1S/C25H34N4O4S/c1-18-3-4-21(15-19(18)2)33-16-23(30)29-8-5-20(6-9-29)25-27-22(17-34-25)24(31)26-7-10-28-11-13-32-14-12-28/h3-4,15,17,20H,5-14,16H2,1-2H3,(H,26,31). The van der Waals surface area contributed by atoms with E-state index in [2.05, 4.69) is 22.1 Å². The topological polar surface area (TPSA) is 84.0 Å². The lowest BCUT2D eigenvalue weighted by Crippen LogP contribution is -2.41. The molecule has 3 heterocycles. The Morgan fingerprint density at radius 3 is 2.65 bits per heavy atom. The minimum Gasteiger partial charge on any atom is -0.484 e. The molecular weight excluding hydrogens is 452 g/mol. The average Bonchev–Trinajstić information content (AvgIpc) is 3.36. The second kappa shape index (κ2) is 11.8. The van der Waals surface area contributed by atoms with E-state index in [-0.39, 0.29) is 24.3 Å². The van der Waals surface area contributed by atoms with Crippen molar-refractivity contribution in [3.05, 3.63) is 45.4 Å². The molecule has 0 saturated carbocycles. The summed E-state index contributed by atoms with van der Waals surface area (Å²) in [5.74, 6) is 0.900. The lowest BCUT2D eigenvalue weighted by atomic mass is 9.97. The lowest BCUT2D eigenvalue weighted by Gasteiger charge is -2.31. The lowest BCUT2D eigenvalue weighted by molar-refractivity contribution is -0.134. The van der Waals surface area contributed by atoms with Crippen LogP contribution in [0.5, 0.6) is 5.75 Å². The number of carbonyl (C=O) groups is 2. The number of rotatable bonds is 8. The van der Waals surface area contributed by atoms with Crippen LogP contribution in [0.2, 0.25) is 0 Å². The zero-order valence-electron chi connectivity index (χ0n) is 20.0. The van der Waals surface area contributed by atoms with Gasteiger partial charge in [0.25, 0.3) is 11.8 Å².